The molecular weight excluding hydrogens is 290 g/mol. The number of thiophene rings is 1. The molecule has 0 aliphatic heterocycles. The molecule has 1 aromatic heterocycles. The van der Waals surface area contributed by atoms with Crippen LogP contribution in [0.2, 0.25) is 0 Å². The number of rotatable bonds is 3. The molecule has 0 amide bonds. The Morgan fingerprint density at radius 3 is 2.45 bits per heavy atom. The van der Waals surface area contributed by atoms with Gasteiger partial charge in [0.25, 0.3) is 0 Å². The molecule has 0 radical (unpaired) electrons. The van der Waals surface area contributed by atoms with Crippen molar-refractivity contribution in [1.82, 2.24) is 0 Å². The molecule has 0 fully saturated rings. The van der Waals surface area contributed by atoms with E-state index in [0.29, 0.717) is 0 Å². The Morgan fingerprint density at radius 2 is 1.90 bits per heavy atom. The van der Waals surface area contributed by atoms with Crippen molar-refractivity contribution < 1.29 is 17.6 Å². The van der Waals surface area contributed by atoms with Crippen LogP contribution in [0, 0.1) is 5.82 Å². The van der Waals surface area contributed by atoms with E-state index in [9.17, 15) is 17.6 Å². The lowest BCUT2D eigenvalue weighted by atomic mass is 10.0. The topological polar surface area (TPSA) is 26.0 Å². The molecule has 1 unspecified atom stereocenters. The SMILES string of the molecule is CCc1ccc(C(N)c2ccc(F)c(C(F)(F)F)c2)s1. The third kappa shape index (κ3) is 3.02. The minimum atomic E-state index is -4.72. The van der Waals surface area contributed by atoms with Gasteiger partial charge >= 0.3 is 6.18 Å². The Hall–Kier alpha value is -1.40. The van der Waals surface area contributed by atoms with E-state index in [1.54, 1.807) is 6.07 Å². The summed E-state index contributed by atoms with van der Waals surface area (Å²) in [6, 6.07) is 5.90. The molecule has 0 bridgehead atoms. The summed E-state index contributed by atoms with van der Waals surface area (Å²) in [5.74, 6) is -1.28. The lowest BCUT2D eigenvalue weighted by molar-refractivity contribution is -0.140. The maximum Gasteiger partial charge on any atom is 0.419 e. The molecule has 2 rings (SSSR count). The molecule has 108 valence electrons. The summed E-state index contributed by atoms with van der Waals surface area (Å²) in [5.41, 5.74) is 4.94. The summed E-state index contributed by atoms with van der Waals surface area (Å²) in [6.07, 6.45) is -3.88. The van der Waals surface area contributed by atoms with Crippen LogP contribution in [0.3, 0.4) is 0 Å². The second-order valence-corrected chi connectivity index (χ2v) is 5.57. The normalized spacial score (nSPS) is 13.5. The second kappa shape index (κ2) is 5.54. The van der Waals surface area contributed by atoms with E-state index in [0.717, 1.165) is 28.3 Å². The van der Waals surface area contributed by atoms with E-state index in [2.05, 4.69) is 0 Å². The molecule has 1 heterocycles. The Balaban J connectivity index is 2.37. The summed E-state index contributed by atoms with van der Waals surface area (Å²) in [4.78, 5) is 1.87. The number of halogens is 4. The van der Waals surface area contributed by atoms with Crippen LogP contribution in [0.25, 0.3) is 0 Å². The van der Waals surface area contributed by atoms with Gasteiger partial charge in [0.05, 0.1) is 11.6 Å². The van der Waals surface area contributed by atoms with Gasteiger partial charge in [0.15, 0.2) is 0 Å². The Bertz CT molecular complexity index is 603. The van der Waals surface area contributed by atoms with Gasteiger partial charge in [0.1, 0.15) is 5.82 Å². The van der Waals surface area contributed by atoms with Crippen molar-refractivity contribution in [3.05, 3.63) is 57.0 Å². The first-order valence-corrected chi connectivity index (χ1v) is 6.85. The average molecular weight is 303 g/mol. The third-order valence-electron chi connectivity index (χ3n) is 2.99. The largest absolute Gasteiger partial charge is 0.419 e. The van der Waals surface area contributed by atoms with Crippen molar-refractivity contribution in [1.29, 1.82) is 0 Å². The molecule has 20 heavy (non-hydrogen) atoms. The lowest BCUT2D eigenvalue weighted by Gasteiger charge is -2.14. The van der Waals surface area contributed by atoms with Gasteiger partial charge in [-0.2, -0.15) is 13.2 Å². The third-order valence-corrected chi connectivity index (χ3v) is 4.31. The van der Waals surface area contributed by atoms with Crippen LogP contribution in [0.15, 0.2) is 30.3 Å². The minimum absolute atomic E-state index is 0.253. The first kappa shape index (κ1) is 15.0. The molecule has 0 aliphatic carbocycles. The van der Waals surface area contributed by atoms with E-state index in [4.69, 9.17) is 5.73 Å². The van der Waals surface area contributed by atoms with E-state index in [1.807, 2.05) is 13.0 Å². The van der Waals surface area contributed by atoms with Gasteiger partial charge in [-0.15, -0.1) is 11.3 Å². The zero-order valence-corrected chi connectivity index (χ0v) is 11.5. The van der Waals surface area contributed by atoms with Gasteiger partial charge < -0.3 is 5.73 Å². The fourth-order valence-corrected chi connectivity index (χ4v) is 2.85. The number of aryl methyl sites for hydroxylation is 1. The van der Waals surface area contributed by atoms with Crippen LogP contribution in [0.1, 0.15) is 33.8 Å². The fraction of sp³-hybridized carbons (Fsp3) is 0.286. The summed E-state index contributed by atoms with van der Waals surface area (Å²) in [5, 5.41) is 0. The van der Waals surface area contributed by atoms with Crippen LogP contribution >= 0.6 is 11.3 Å². The van der Waals surface area contributed by atoms with E-state index < -0.39 is 23.6 Å². The Morgan fingerprint density at radius 1 is 1.20 bits per heavy atom. The van der Waals surface area contributed by atoms with Crippen LogP contribution in [0.5, 0.6) is 0 Å². The molecule has 2 N–H and O–H groups in total. The molecule has 2 aromatic rings. The minimum Gasteiger partial charge on any atom is -0.320 e. The lowest BCUT2D eigenvalue weighted by Crippen LogP contribution is -2.14. The van der Waals surface area contributed by atoms with Crippen molar-refractivity contribution in [2.45, 2.75) is 25.6 Å². The predicted molar refractivity (Wildman–Crippen MR) is 71.1 cm³/mol. The Kier molecular flexibility index (Phi) is 4.15. The van der Waals surface area contributed by atoms with E-state index >= 15 is 0 Å². The fourth-order valence-electron chi connectivity index (χ4n) is 1.87. The van der Waals surface area contributed by atoms with Crippen molar-refractivity contribution >= 4 is 11.3 Å². The summed E-state index contributed by atoms with van der Waals surface area (Å²) < 4.78 is 51.3. The molecule has 0 spiro atoms. The van der Waals surface area contributed by atoms with Crippen molar-refractivity contribution in [3.63, 3.8) is 0 Å². The van der Waals surface area contributed by atoms with Crippen molar-refractivity contribution in [2.75, 3.05) is 0 Å². The van der Waals surface area contributed by atoms with Gasteiger partial charge in [-0.05, 0) is 36.2 Å². The predicted octanol–water partition coefficient (Wildman–Crippen LogP) is 4.52. The van der Waals surface area contributed by atoms with E-state index in [-0.39, 0.29) is 5.56 Å². The van der Waals surface area contributed by atoms with Crippen molar-refractivity contribution in [3.8, 4) is 0 Å². The number of alkyl halides is 3. The highest BCUT2D eigenvalue weighted by atomic mass is 32.1. The van der Waals surface area contributed by atoms with Gasteiger partial charge in [0, 0.05) is 9.75 Å². The standard InChI is InChI=1S/C14H13F4NS/c1-2-9-4-6-12(20-9)13(19)8-3-5-11(15)10(7-8)14(16,17)18/h3-7,13H,2,19H2,1H3. The number of nitrogens with two attached hydrogens (primary N) is 1. The maximum absolute atomic E-state index is 13.2. The van der Waals surface area contributed by atoms with Crippen LogP contribution in [-0.4, -0.2) is 0 Å². The zero-order valence-electron chi connectivity index (χ0n) is 10.7. The molecule has 1 nitrogen and oxygen atoms in total. The van der Waals surface area contributed by atoms with Crippen LogP contribution in [0.4, 0.5) is 17.6 Å². The van der Waals surface area contributed by atoms with Crippen molar-refractivity contribution in [2.24, 2.45) is 5.73 Å². The number of hydrogen-bond acceptors (Lipinski definition) is 2. The molecule has 0 saturated carbocycles. The molecular formula is C14H13F4NS. The summed E-state index contributed by atoms with van der Waals surface area (Å²) >= 11 is 1.45. The number of hydrogen-bond donors (Lipinski definition) is 1. The van der Waals surface area contributed by atoms with Gasteiger partial charge in [-0.3, -0.25) is 0 Å². The highest BCUT2D eigenvalue weighted by Crippen LogP contribution is 2.34. The molecule has 0 aliphatic rings. The average Bonchev–Trinajstić information content (AvgIpc) is 2.86. The quantitative estimate of drug-likeness (QED) is 0.829. The number of benzene rings is 1. The summed E-state index contributed by atoms with van der Waals surface area (Å²) in [7, 11) is 0. The molecule has 6 heteroatoms. The molecule has 1 aromatic carbocycles. The van der Waals surface area contributed by atoms with Gasteiger partial charge in [-0.25, -0.2) is 4.39 Å². The van der Waals surface area contributed by atoms with Crippen LogP contribution < -0.4 is 5.73 Å². The van der Waals surface area contributed by atoms with Gasteiger partial charge in [-0.1, -0.05) is 13.0 Å². The monoisotopic (exact) mass is 303 g/mol. The van der Waals surface area contributed by atoms with Crippen LogP contribution in [-0.2, 0) is 12.6 Å². The van der Waals surface area contributed by atoms with Gasteiger partial charge in [0.2, 0.25) is 0 Å². The smallest absolute Gasteiger partial charge is 0.320 e. The van der Waals surface area contributed by atoms with E-state index in [1.165, 1.54) is 17.4 Å². The highest BCUT2D eigenvalue weighted by molar-refractivity contribution is 7.12. The maximum atomic E-state index is 13.2. The Labute approximate surface area is 118 Å². The first-order valence-electron chi connectivity index (χ1n) is 6.03. The highest BCUT2D eigenvalue weighted by Gasteiger charge is 2.34. The zero-order chi connectivity index (χ0) is 14.9. The molecule has 0 saturated heterocycles. The second-order valence-electron chi connectivity index (χ2n) is 4.37. The molecule has 1 atom stereocenters. The first-order chi connectivity index (χ1) is 9.32. The summed E-state index contributed by atoms with van der Waals surface area (Å²) in [6.45, 7) is 1.99.